The van der Waals surface area contributed by atoms with Crippen LogP contribution in [0, 0.1) is 17.8 Å². The summed E-state index contributed by atoms with van der Waals surface area (Å²) >= 11 is 0. The summed E-state index contributed by atoms with van der Waals surface area (Å²) in [5.41, 5.74) is 6.97. The molecule has 0 unspecified atom stereocenters. The predicted molar refractivity (Wildman–Crippen MR) is 216 cm³/mol. The van der Waals surface area contributed by atoms with Crippen molar-refractivity contribution in [2.45, 2.75) is 98.2 Å². The van der Waals surface area contributed by atoms with E-state index in [4.69, 9.17) is 23.7 Å². The standard InChI is InChI=1S/C45H65N3O6/c1-26(2)19-33-32-25-37(36(50-10)22-29(32)13-16-46(33)7)53-45-41-31(15-18-48(9)35(41)21-28(5)6)24-39(52-12)43(45)54-44-40-30(23-38(51-11)42(44)49)14-17-47(8)34(40)20-27(3)4/h22-28,33-35,49H,13-21H2,1-12H3/t33-,34-,35-/m0/s1. The van der Waals surface area contributed by atoms with E-state index in [9.17, 15) is 5.11 Å². The molecule has 3 aliphatic heterocycles. The second-order valence-electron chi connectivity index (χ2n) is 17.2. The first-order chi connectivity index (χ1) is 25.8. The fourth-order valence-electron chi connectivity index (χ4n) is 9.00. The molecule has 0 saturated heterocycles. The number of phenolic OH excluding ortho intramolecular Hbond substituents is 1. The van der Waals surface area contributed by atoms with E-state index in [0.29, 0.717) is 58.0 Å². The lowest BCUT2D eigenvalue weighted by atomic mass is 9.86. The maximum atomic E-state index is 12.0. The van der Waals surface area contributed by atoms with Gasteiger partial charge in [0.25, 0.3) is 0 Å². The van der Waals surface area contributed by atoms with Crippen molar-refractivity contribution in [1.82, 2.24) is 14.7 Å². The van der Waals surface area contributed by atoms with Crippen LogP contribution in [0.5, 0.6) is 46.0 Å². The van der Waals surface area contributed by atoms with E-state index >= 15 is 0 Å². The van der Waals surface area contributed by atoms with Crippen molar-refractivity contribution in [3.63, 3.8) is 0 Å². The minimum absolute atomic E-state index is 0.0206. The minimum Gasteiger partial charge on any atom is -0.502 e. The summed E-state index contributed by atoms with van der Waals surface area (Å²) in [5.74, 6) is 5.11. The summed E-state index contributed by atoms with van der Waals surface area (Å²) in [6, 6.07) is 8.87. The SMILES string of the molecule is COc1cc2c(cc1Oc1c(Oc3c(O)c(OC)cc4c3[C@H](CC(C)C)N(C)CC4)c(OC)cc3c1[C@H](CC(C)C)N(C)CC3)[C@H](CC(C)C)N(C)CC2. The summed E-state index contributed by atoms with van der Waals surface area (Å²) in [7, 11) is 11.6. The zero-order chi connectivity index (χ0) is 39.0. The highest BCUT2D eigenvalue weighted by Crippen LogP contribution is 2.57. The number of phenols is 1. The van der Waals surface area contributed by atoms with Crippen LogP contribution in [0.3, 0.4) is 0 Å². The molecular weight excluding hydrogens is 679 g/mol. The summed E-state index contributed by atoms with van der Waals surface area (Å²) in [6.45, 7) is 16.4. The summed E-state index contributed by atoms with van der Waals surface area (Å²) in [4.78, 5) is 7.27. The number of rotatable bonds is 13. The maximum Gasteiger partial charge on any atom is 0.212 e. The molecule has 3 aromatic rings. The molecule has 1 N–H and O–H groups in total. The van der Waals surface area contributed by atoms with Crippen LogP contribution >= 0.6 is 0 Å². The zero-order valence-corrected chi connectivity index (χ0v) is 35.0. The molecular formula is C45H65N3O6. The molecule has 0 amide bonds. The van der Waals surface area contributed by atoms with Crippen molar-refractivity contribution in [3.05, 3.63) is 57.6 Å². The molecule has 296 valence electrons. The summed E-state index contributed by atoms with van der Waals surface area (Å²) < 4.78 is 32.6. The Balaban J connectivity index is 1.62. The molecule has 0 fully saturated rings. The molecule has 0 radical (unpaired) electrons. The average Bonchev–Trinajstić information content (AvgIpc) is 3.12. The maximum absolute atomic E-state index is 12.0. The molecule has 0 bridgehead atoms. The van der Waals surface area contributed by atoms with E-state index < -0.39 is 0 Å². The van der Waals surface area contributed by atoms with E-state index in [1.807, 2.05) is 6.07 Å². The van der Waals surface area contributed by atoms with Gasteiger partial charge in [0.1, 0.15) is 0 Å². The average molecular weight is 744 g/mol. The van der Waals surface area contributed by atoms with Gasteiger partial charge < -0.3 is 28.8 Å². The number of benzene rings is 3. The highest BCUT2D eigenvalue weighted by atomic mass is 16.6. The molecule has 3 atom stereocenters. The second-order valence-corrected chi connectivity index (χ2v) is 17.2. The Kier molecular flexibility index (Phi) is 12.3. The van der Waals surface area contributed by atoms with Crippen molar-refractivity contribution >= 4 is 0 Å². The van der Waals surface area contributed by atoms with Crippen molar-refractivity contribution in [2.24, 2.45) is 17.8 Å². The van der Waals surface area contributed by atoms with Crippen LogP contribution < -0.4 is 23.7 Å². The van der Waals surface area contributed by atoms with Crippen molar-refractivity contribution in [1.29, 1.82) is 0 Å². The smallest absolute Gasteiger partial charge is 0.212 e. The van der Waals surface area contributed by atoms with Crippen molar-refractivity contribution in [2.75, 3.05) is 62.1 Å². The lowest BCUT2D eigenvalue weighted by Gasteiger charge is -2.39. The fourth-order valence-corrected chi connectivity index (χ4v) is 9.00. The van der Waals surface area contributed by atoms with Crippen LogP contribution in [0.1, 0.15) is 112 Å². The molecule has 54 heavy (non-hydrogen) atoms. The minimum atomic E-state index is -0.0206. The van der Waals surface area contributed by atoms with E-state index in [1.165, 1.54) is 16.7 Å². The summed E-state index contributed by atoms with van der Waals surface area (Å²) in [6.07, 6.45) is 5.51. The Morgan fingerprint density at radius 1 is 0.537 bits per heavy atom. The quantitative estimate of drug-likeness (QED) is 0.184. The number of fused-ring (bicyclic) bond motifs is 3. The van der Waals surface area contributed by atoms with Gasteiger partial charge in [-0.25, -0.2) is 0 Å². The number of nitrogens with zero attached hydrogens (tertiary/aromatic N) is 3. The van der Waals surface area contributed by atoms with Gasteiger partial charge in [-0.3, -0.25) is 14.7 Å². The van der Waals surface area contributed by atoms with Gasteiger partial charge >= 0.3 is 0 Å². The van der Waals surface area contributed by atoms with Gasteiger partial charge in [0.15, 0.2) is 34.5 Å². The largest absolute Gasteiger partial charge is 0.502 e. The number of hydrogen-bond acceptors (Lipinski definition) is 9. The number of aromatic hydroxyl groups is 1. The van der Waals surface area contributed by atoms with E-state index in [-0.39, 0.29) is 23.9 Å². The van der Waals surface area contributed by atoms with Crippen molar-refractivity contribution < 1.29 is 28.8 Å². The van der Waals surface area contributed by atoms with Crippen LogP contribution in [-0.4, -0.2) is 81.9 Å². The van der Waals surface area contributed by atoms with Gasteiger partial charge in [-0.2, -0.15) is 0 Å². The van der Waals surface area contributed by atoms with Gasteiger partial charge in [-0.1, -0.05) is 41.5 Å². The van der Waals surface area contributed by atoms with E-state index in [0.717, 1.165) is 74.8 Å². The van der Waals surface area contributed by atoms with E-state index in [2.05, 4.69) is 95.6 Å². The third kappa shape index (κ3) is 7.87. The van der Waals surface area contributed by atoms with Gasteiger partial charge in [-0.05, 0) is 124 Å². The number of ether oxygens (including phenoxy) is 5. The Labute approximate surface area is 324 Å². The Bertz CT molecular complexity index is 1810. The van der Waals surface area contributed by atoms with Crippen molar-refractivity contribution in [3.8, 4) is 46.0 Å². The third-order valence-corrected chi connectivity index (χ3v) is 11.9. The molecule has 0 spiro atoms. The Morgan fingerprint density at radius 3 is 1.50 bits per heavy atom. The molecule has 3 heterocycles. The molecule has 3 aliphatic rings. The first kappa shape index (κ1) is 40.0. The first-order valence-electron chi connectivity index (χ1n) is 20.1. The molecule has 9 nitrogen and oxygen atoms in total. The van der Waals surface area contributed by atoms with Crippen LogP contribution in [0.2, 0.25) is 0 Å². The number of methoxy groups -OCH3 is 3. The first-order valence-corrected chi connectivity index (χ1v) is 20.1. The van der Waals surface area contributed by atoms with Gasteiger partial charge in [0.05, 0.1) is 21.3 Å². The highest BCUT2D eigenvalue weighted by molar-refractivity contribution is 5.67. The lowest BCUT2D eigenvalue weighted by Crippen LogP contribution is -2.34. The third-order valence-electron chi connectivity index (χ3n) is 11.9. The highest BCUT2D eigenvalue weighted by Gasteiger charge is 2.38. The topological polar surface area (TPSA) is 76.1 Å². The Morgan fingerprint density at radius 2 is 0.981 bits per heavy atom. The molecule has 6 rings (SSSR count). The zero-order valence-electron chi connectivity index (χ0n) is 35.0. The monoisotopic (exact) mass is 743 g/mol. The van der Waals surface area contributed by atoms with Crippen LogP contribution in [-0.2, 0) is 19.3 Å². The summed E-state index contributed by atoms with van der Waals surface area (Å²) in [5, 5.41) is 12.0. The fraction of sp³-hybridized carbons (Fsp3) is 0.600. The lowest BCUT2D eigenvalue weighted by molar-refractivity contribution is 0.193. The van der Waals surface area contributed by atoms with Crippen LogP contribution in [0.25, 0.3) is 0 Å². The van der Waals surface area contributed by atoms with Gasteiger partial charge in [0.2, 0.25) is 11.5 Å². The van der Waals surface area contributed by atoms with Gasteiger partial charge in [-0.15, -0.1) is 0 Å². The van der Waals surface area contributed by atoms with Crippen LogP contribution in [0.15, 0.2) is 24.3 Å². The normalized spacial score (nSPS) is 20.5. The van der Waals surface area contributed by atoms with Crippen LogP contribution in [0.4, 0.5) is 0 Å². The second kappa shape index (κ2) is 16.6. The Hall–Kier alpha value is -3.66. The molecule has 3 aromatic carbocycles. The molecule has 0 saturated carbocycles. The number of likely N-dealkylation sites (N-methyl/N-ethyl adjacent to an activating group) is 3. The molecule has 9 heteroatoms. The number of hydrogen-bond donors (Lipinski definition) is 1. The predicted octanol–water partition coefficient (Wildman–Crippen LogP) is 9.73. The van der Waals surface area contributed by atoms with Gasteiger partial charge in [0, 0.05) is 48.9 Å². The molecule has 0 aliphatic carbocycles. The van der Waals surface area contributed by atoms with E-state index in [1.54, 1.807) is 21.3 Å². The molecule has 0 aromatic heterocycles.